The van der Waals surface area contributed by atoms with Gasteiger partial charge in [-0.3, -0.25) is 9.69 Å². The Morgan fingerprint density at radius 3 is 2.76 bits per heavy atom. The third-order valence-electron chi connectivity index (χ3n) is 3.30. The molecular formula is C15H17NO5. The van der Waals surface area contributed by atoms with E-state index in [9.17, 15) is 14.7 Å². The molecule has 0 bridgehead atoms. The van der Waals surface area contributed by atoms with Gasteiger partial charge in [-0.05, 0) is 24.2 Å². The highest BCUT2D eigenvalue weighted by Crippen LogP contribution is 2.22. The van der Waals surface area contributed by atoms with Gasteiger partial charge >= 0.3 is 11.6 Å². The number of nitrogens with zero attached hydrogens (tertiary/aromatic N) is 1. The van der Waals surface area contributed by atoms with Crippen molar-refractivity contribution in [1.29, 1.82) is 0 Å². The lowest BCUT2D eigenvalue weighted by Crippen LogP contribution is -2.26. The van der Waals surface area contributed by atoms with E-state index in [2.05, 4.69) is 0 Å². The second-order valence-corrected chi connectivity index (χ2v) is 4.78. The van der Waals surface area contributed by atoms with Crippen LogP contribution in [0.2, 0.25) is 0 Å². The minimum atomic E-state index is -0.851. The molecule has 0 aliphatic rings. The predicted octanol–water partition coefficient (Wildman–Crippen LogP) is 1.80. The lowest BCUT2D eigenvalue weighted by atomic mass is 10.1. The van der Waals surface area contributed by atoms with Crippen molar-refractivity contribution in [2.24, 2.45) is 0 Å². The van der Waals surface area contributed by atoms with Gasteiger partial charge < -0.3 is 14.6 Å². The molecule has 0 amide bonds. The van der Waals surface area contributed by atoms with Crippen molar-refractivity contribution in [2.75, 3.05) is 13.1 Å². The van der Waals surface area contributed by atoms with Gasteiger partial charge in [0.05, 0.1) is 6.42 Å². The number of carboxylic acid groups (broad SMARTS) is 1. The van der Waals surface area contributed by atoms with E-state index in [1.165, 1.54) is 18.2 Å². The van der Waals surface area contributed by atoms with Gasteiger partial charge in [0.25, 0.3) is 0 Å². The molecule has 1 aromatic heterocycles. The molecule has 0 aliphatic heterocycles. The summed E-state index contributed by atoms with van der Waals surface area (Å²) in [6, 6.07) is 6.02. The predicted molar refractivity (Wildman–Crippen MR) is 77.4 cm³/mol. The zero-order valence-electron chi connectivity index (χ0n) is 11.7. The van der Waals surface area contributed by atoms with Crippen LogP contribution in [0.5, 0.6) is 5.75 Å². The number of aromatic hydroxyl groups is 1. The minimum Gasteiger partial charge on any atom is -0.508 e. The zero-order valence-corrected chi connectivity index (χ0v) is 11.7. The average molecular weight is 291 g/mol. The van der Waals surface area contributed by atoms with Crippen LogP contribution in [0.25, 0.3) is 11.0 Å². The number of benzene rings is 1. The summed E-state index contributed by atoms with van der Waals surface area (Å²) in [4.78, 5) is 24.2. The van der Waals surface area contributed by atoms with Crippen molar-refractivity contribution >= 4 is 16.9 Å². The highest BCUT2D eigenvalue weighted by Gasteiger charge is 2.11. The molecule has 1 heterocycles. The fourth-order valence-electron chi connectivity index (χ4n) is 2.19. The zero-order chi connectivity index (χ0) is 15.4. The Bertz CT molecular complexity index is 707. The molecule has 112 valence electrons. The standard InChI is InChI=1S/C15H17NO5/c1-2-16(6-5-14(18)19)9-10-7-15(20)21-13-8-11(17)3-4-12(10)13/h3-4,7-8,17H,2,5-6,9H2,1H3,(H,18,19). The Morgan fingerprint density at radius 2 is 2.10 bits per heavy atom. The van der Waals surface area contributed by atoms with E-state index in [1.54, 1.807) is 6.07 Å². The molecule has 2 aromatic rings. The molecule has 0 aliphatic carbocycles. The molecule has 0 saturated carbocycles. The number of phenols is 1. The largest absolute Gasteiger partial charge is 0.508 e. The first-order valence-electron chi connectivity index (χ1n) is 6.69. The molecule has 0 spiro atoms. The first-order valence-corrected chi connectivity index (χ1v) is 6.69. The van der Waals surface area contributed by atoms with Crippen LogP contribution in [0.4, 0.5) is 0 Å². The Labute approximate surface area is 121 Å². The quantitative estimate of drug-likeness (QED) is 0.789. The van der Waals surface area contributed by atoms with Gasteiger partial charge in [-0.1, -0.05) is 6.92 Å². The summed E-state index contributed by atoms with van der Waals surface area (Å²) in [5.74, 6) is -0.822. The number of hydrogen-bond acceptors (Lipinski definition) is 5. The first kappa shape index (κ1) is 15.1. The van der Waals surface area contributed by atoms with Crippen LogP contribution in [0.3, 0.4) is 0 Å². The van der Waals surface area contributed by atoms with Crippen molar-refractivity contribution in [3.05, 3.63) is 40.2 Å². The Kier molecular flexibility index (Phi) is 4.59. The molecule has 2 N–H and O–H groups in total. The van der Waals surface area contributed by atoms with Gasteiger partial charge in [-0.25, -0.2) is 4.79 Å². The van der Waals surface area contributed by atoms with Crippen LogP contribution < -0.4 is 5.63 Å². The molecule has 6 nitrogen and oxygen atoms in total. The summed E-state index contributed by atoms with van der Waals surface area (Å²) in [7, 11) is 0. The molecule has 0 radical (unpaired) electrons. The highest BCUT2D eigenvalue weighted by molar-refractivity contribution is 5.81. The third kappa shape index (κ3) is 3.82. The molecule has 0 saturated heterocycles. The lowest BCUT2D eigenvalue weighted by Gasteiger charge is -2.20. The van der Waals surface area contributed by atoms with E-state index in [-0.39, 0.29) is 12.2 Å². The van der Waals surface area contributed by atoms with Crippen LogP contribution in [-0.2, 0) is 11.3 Å². The second-order valence-electron chi connectivity index (χ2n) is 4.78. The fraction of sp³-hybridized carbons (Fsp3) is 0.333. The van der Waals surface area contributed by atoms with Gasteiger partial charge in [-0.2, -0.15) is 0 Å². The monoisotopic (exact) mass is 291 g/mol. The van der Waals surface area contributed by atoms with Gasteiger partial charge in [-0.15, -0.1) is 0 Å². The summed E-state index contributed by atoms with van der Waals surface area (Å²) in [5, 5.41) is 18.9. The molecule has 6 heteroatoms. The maximum atomic E-state index is 11.6. The first-order chi connectivity index (χ1) is 9.99. The number of rotatable bonds is 6. The van der Waals surface area contributed by atoms with Crippen molar-refractivity contribution in [2.45, 2.75) is 19.9 Å². The molecule has 0 fully saturated rings. The minimum absolute atomic E-state index is 0.0287. The summed E-state index contributed by atoms with van der Waals surface area (Å²) >= 11 is 0. The summed E-state index contributed by atoms with van der Waals surface area (Å²) in [6.45, 7) is 3.47. The van der Waals surface area contributed by atoms with E-state index >= 15 is 0 Å². The molecule has 1 aromatic carbocycles. The Hall–Kier alpha value is -2.34. The summed E-state index contributed by atoms with van der Waals surface area (Å²) in [5.41, 5.74) is 0.595. The molecular weight excluding hydrogens is 274 g/mol. The van der Waals surface area contributed by atoms with Crippen molar-refractivity contribution in [3.8, 4) is 5.75 Å². The van der Waals surface area contributed by atoms with Crippen molar-refractivity contribution in [1.82, 2.24) is 4.90 Å². The Morgan fingerprint density at radius 1 is 1.33 bits per heavy atom. The molecule has 0 atom stereocenters. The number of fused-ring (bicyclic) bond motifs is 1. The molecule has 2 rings (SSSR count). The van der Waals surface area contributed by atoms with E-state index in [0.717, 1.165) is 10.9 Å². The van der Waals surface area contributed by atoms with Gasteiger partial charge in [0, 0.05) is 30.6 Å². The Balaban J connectivity index is 2.32. The van der Waals surface area contributed by atoms with Crippen LogP contribution in [0.15, 0.2) is 33.5 Å². The van der Waals surface area contributed by atoms with E-state index in [0.29, 0.717) is 25.2 Å². The van der Waals surface area contributed by atoms with E-state index < -0.39 is 11.6 Å². The fourth-order valence-corrected chi connectivity index (χ4v) is 2.19. The number of carbonyl (C=O) groups is 1. The molecule has 0 unspecified atom stereocenters. The van der Waals surface area contributed by atoms with Crippen LogP contribution in [0, 0.1) is 0 Å². The summed E-state index contributed by atoms with van der Waals surface area (Å²) < 4.78 is 5.07. The maximum Gasteiger partial charge on any atom is 0.336 e. The average Bonchev–Trinajstić information content (AvgIpc) is 2.42. The van der Waals surface area contributed by atoms with Gasteiger partial charge in [0.1, 0.15) is 11.3 Å². The van der Waals surface area contributed by atoms with Crippen molar-refractivity contribution in [3.63, 3.8) is 0 Å². The normalized spacial score (nSPS) is 11.1. The smallest absolute Gasteiger partial charge is 0.336 e. The van der Waals surface area contributed by atoms with Gasteiger partial charge in [0.15, 0.2) is 0 Å². The number of hydrogen-bond donors (Lipinski definition) is 2. The third-order valence-corrected chi connectivity index (χ3v) is 3.30. The van der Waals surface area contributed by atoms with E-state index in [1.807, 2.05) is 11.8 Å². The number of carboxylic acids is 1. The van der Waals surface area contributed by atoms with Crippen LogP contribution >= 0.6 is 0 Å². The van der Waals surface area contributed by atoms with Gasteiger partial charge in [0.2, 0.25) is 0 Å². The van der Waals surface area contributed by atoms with Crippen LogP contribution in [0.1, 0.15) is 18.9 Å². The highest BCUT2D eigenvalue weighted by atomic mass is 16.4. The SMILES string of the molecule is CCN(CCC(=O)O)Cc1cc(=O)oc2cc(O)ccc12. The van der Waals surface area contributed by atoms with Crippen LogP contribution in [-0.4, -0.2) is 34.2 Å². The molecule has 21 heavy (non-hydrogen) atoms. The lowest BCUT2D eigenvalue weighted by molar-refractivity contribution is -0.137. The second kappa shape index (κ2) is 6.41. The number of phenolic OH excluding ortho intramolecular Hbond substituents is 1. The maximum absolute atomic E-state index is 11.6. The number of aliphatic carboxylic acids is 1. The van der Waals surface area contributed by atoms with Crippen molar-refractivity contribution < 1.29 is 19.4 Å². The topological polar surface area (TPSA) is 91.0 Å². The summed E-state index contributed by atoms with van der Waals surface area (Å²) in [6.07, 6.45) is 0.0496. The van der Waals surface area contributed by atoms with E-state index in [4.69, 9.17) is 9.52 Å².